The average Bonchev–Trinajstić information content (AvgIpc) is 0.731. The fourth-order valence-corrected chi connectivity index (χ4v) is 22.5. The van der Waals surface area contributed by atoms with Crippen LogP contribution in [-0.4, -0.2) is 0 Å². The summed E-state index contributed by atoms with van der Waals surface area (Å²) in [5, 5.41) is 3.98. The van der Waals surface area contributed by atoms with E-state index >= 15 is 0 Å². The Morgan fingerprint density at radius 2 is 0.333 bits per heavy atom. The van der Waals surface area contributed by atoms with E-state index in [9.17, 15) is 0 Å². The van der Waals surface area contributed by atoms with Gasteiger partial charge in [-0.05, 0) is 98.5 Å². The van der Waals surface area contributed by atoms with Gasteiger partial charge < -0.3 is 36.2 Å². The van der Waals surface area contributed by atoms with Crippen LogP contribution in [0.3, 0.4) is 0 Å². The van der Waals surface area contributed by atoms with Crippen molar-refractivity contribution < 1.29 is 36.2 Å². The van der Waals surface area contributed by atoms with E-state index in [2.05, 4.69) is 198 Å². The lowest BCUT2D eigenvalue weighted by Gasteiger charge is -2.37. The van der Waals surface area contributed by atoms with E-state index in [1.54, 1.807) is 0 Å². The van der Waals surface area contributed by atoms with Crippen LogP contribution < -0.4 is 57.4 Å². The summed E-state index contributed by atoms with van der Waals surface area (Å²) in [5.41, 5.74) is 9.62. The largest absolute Gasteiger partial charge is 0.435 e. The van der Waals surface area contributed by atoms with Gasteiger partial charge in [0.1, 0.15) is 46.0 Å². The predicted molar refractivity (Wildman–Crippen MR) is 458 cm³/mol. The van der Waals surface area contributed by atoms with Crippen molar-refractivity contribution in [2.24, 2.45) is 0 Å². The third-order valence-electron chi connectivity index (χ3n) is 23.3. The van der Waals surface area contributed by atoms with Crippen LogP contribution in [0, 0.1) is 0 Å². The van der Waals surface area contributed by atoms with E-state index in [-0.39, 0.29) is 23.7 Å². The smallest absolute Gasteiger partial charge is 0.326 e. The quantitative estimate of drug-likeness (QED) is 0.0276. The summed E-state index contributed by atoms with van der Waals surface area (Å²) in [6.07, 6.45) is 48.6. The van der Waals surface area contributed by atoms with Gasteiger partial charge in [0, 0.05) is 92.4 Å². The molecule has 0 radical (unpaired) electrons. The maximum absolute atomic E-state index is 7.77. The Bertz CT molecular complexity index is 3370. The summed E-state index contributed by atoms with van der Waals surface area (Å²) < 4.78 is 62.1. The Morgan fingerprint density at radius 1 is 0.185 bits per heavy atom. The van der Waals surface area contributed by atoms with Gasteiger partial charge in [0.25, 0.3) is 0 Å². The second-order valence-electron chi connectivity index (χ2n) is 31.5. The molecule has 0 N–H and O–H groups in total. The van der Waals surface area contributed by atoms with Crippen molar-refractivity contribution in [2.75, 3.05) is 0 Å². The molecule has 0 saturated heterocycles. The van der Waals surface area contributed by atoms with Gasteiger partial charge in [0.05, 0.1) is 21.2 Å². The van der Waals surface area contributed by atoms with Gasteiger partial charge in [-0.3, -0.25) is 0 Å². The minimum absolute atomic E-state index is 0.104. The van der Waals surface area contributed by atoms with E-state index in [1.807, 2.05) is 0 Å². The van der Waals surface area contributed by atoms with Crippen LogP contribution >= 0.6 is 33.5 Å². The van der Waals surface area contributed by atoms with Gasteiger partial charge in [0.15, 0.2) is 0 Å². The molecule has 0 amide bonds. The molecule has 0 spiro atoms. The lowest BCUT2D eigenvalue weighted by molar-refractivity contribution is 0.440. The van der Waals surface area contributed by atoms with Gasteiger partial charge in [-0.25, -0.2) is 0 Å². The van der Waals surface area contributed by atoms with Gasteiger partial charge in [-0.1, -0.05) is 332 Å². The highest BCUT2D eigenvalue weighted by Gasteiger charge is 2.42. The number of hydrogen-bond donors (Lipinski definition) is 0. The molecule has 12 heteroatoms. The van der Waals surface area contributed by atoms with Gasteiger partial charge >= 0.3 is 33.5 Å². The summed E-state index contributed by atoms with van der Waals surface area (Å²) in [6, 6.07) is 62.2. The molecule has 4 aliphatic heterocycles. The van der Waals surface area contributed by atoms with Crippen LogP contribution in [0.1, 0.15) is 353 Å². The van der Waals surface area contributed by atoms with E-state index in [0.717, 1.165) is 144 Å². The zero-order valence-electron chi connectivity index (χ0n) is 65.8. The van der Waals surface area contributed by atoms with E-state index in [0.29, 0.717) is 0 Å². The van der Waals surface area contributed by atoms with Crippen molar-refractivity contribution >= 4 is 54.7 Å². The van der Waals surface area contributed by atoms with Crippen molar-refractivity contribution in [2.45, 2.75) is 308 Å². The molecule has 0 saturated carbocycles. The molecular weight excluding hydrogens is 1400 g/mol. The van der Waals surface area contributed by atoms with Crippen molar-refractivity contribution in [3.63, 3.8) is 0 Å². The molecule has 0 atom stereocenters. The van der Waals surface area contributed by atoms with Crippen molar-refractivity contribution in [1.29, 1.82) is 0 Å². The third-order valence-corrected chi connectivity index (χ3v) is 29.1. The molecule has 108 heavy (non-hydrogen) atoms. The highest BCUT2D eigenvalue weighted by Crippen LogP contribution is 2.63. The molecule has 4 heterocycles. The minimum atomic E-state index is -1.77. The van der Waals surface area contributed by atoms with E-state index < -0.39 is 33.5 Å². The van der Waals surface area contributed by atoms with Crippen molar-refractivity contribution in [1.82, 2.24) is 0 Å². The summed E-state index contributed by atoms with van der Waals surface area (Å²) in [7, 11) is -7.07. The molecule has 8 aromatic rings. The normalized spacial score (nSPS) is 19.1. The number of benzene rings is 8. The highest BCUT2D eigenvalue weighted by atomic mass is 31.2. The zero-order valence-corrected chi connectivity index (χ0v) is 69.4. The average molecular weight is 1530 g/mol. The molecule has 13 rings (SSSR count). The maximum Gasteiger partial charge on any atom is 0.326 e. The molecule has 0 fully saturated rings. The monoisotopic (exact) mass is 1530 g/mol. The summed E-state index contributed by atoms with van der Waals surface area (Å²) >= 11 is 0. The Hall–Kier alpha value is -6.12. The summed E-state index contributed by atoms with van der Waals surface area (Å²) in [5.74, 6) is 6.15. The molecule has 5 aliphatic rings. The fraction of sp³-hybridized carbons (Fsp3) is 0.500. The predicted octanol–water partition coefficient (Wildman–Crippen LogP) is 29.8. The summed E-state index contributed by atoms with van der Waals surface area (Å²) in [4.78, 5) is 0. The van der Waals surface area contributed by atoms with Gasteiger partial charge in [-0.15, -0.1) is 0 Å². The van der Waals surface area contributed by atoms with Crippen LogP contribution in [0.5, 0.6) is 46.0 Å². The highest BCUT2D eigenvalue weighted by molar-refractivity contribution is 7.57. The molecule has 8 bridgehead atoms. The lowest BCUT2D eigenvalue weighted by Crippen LogP contribution is -2.21. The first kappa shape index (κ1) is 79.9. The van der Waals surface area contributed by atoms with Crippen LogP contribution in [0.4, 0.5) is 0 Å². The first-order chi connectivity index (χ1) is 53.5. The van der Waals surface area contributed by atoms with Crippen molar-refractivity contribution in [3.05, 3.63) is 214 Å². The van der Waals surface area contributed by atoms with Crippen molar-refractivity contribution in [3.8, 4) is 46.0 Å². The molecule has 576 valence electrons. The Morgan fingerprint density at radius 3 is 0.491 bits per heavy atom. The molecule has 0 unspecified atom stereocenters. The molecular formula is C96H124O8P4. The fourth-order valence-electron chi connectivity index (χ4n) is 17.2. The maximum atomic E-state index is 7.77. The van der Waals surface area contributed by atoms with Crippen LogP contribution in [0.15, 0.2) is 170 Å². The first-order valence-electron chi connectivity index (χ1n) is 43.0. The Kier molecular flexibility index (Phi) is 31.5. The first-order valence-corrected chi connectivity index (χ1v) is 47.7. The third kappa shape index (κ3) is 21.3. The zero-order chi connectivity index (χ0) is 73.9. The Labute approximate surface area is 655 Å². The summed E-state index contributed by atoms with van der Waals surface area (Å²) in [6.45, 7) is 9.27. The van der Waals surface area contributed by atoms with Gasteiger partial charge in [-0.2, -0.15) is 0 Å². The Balaban J connectivity index is 1.07. The topological polar surface area (TPSA) is 73.8 Å². The minimum Gasteiger partial charge on any atom is -0.435 e. The SMILES string of the molecule is CCCCCCCCCCCC1c2cc3c4cc2OP(c2ccccc2)Oc2cc5c(cc21)C(CCCCCCCCCCC)c1cc2c(cc1OP(c1ccccc1)O5)OP(c1ccccc1)Oc1cc(c(cc1C2CCCCCCCCCCC)C3CCCCCCCCCCC)OP(c1ccccc1)O4. The van der Waals surface area contributed by atoms with Crippen LogP contribution in [-0.2, 0) is 0 Å². The van der Waals surface area contributed by atoms with E-state index in [4.69, 9.17) is 36.2 Å². The van der Waals surface area contributed by atoms with Crippen LogP contribution in [0.2, 0.25) is 0 Å². The van der Waals surface area contributed by atoms with Crippen LogP contribution in [0.25, 0.3) is 0 Å². The number of hydrogen-bond acceptors (Lipinski definition) is 8. The van der Waals surface area contributed by atoms with Gasteiger partial charge in [0.2, 0.25) is 0 Å². The van der Waals surface area contributed by atoms with E-state index in [1.165, 1.54) is 224 Å². The second-order valence-corrected chi connectivity index (χ2v) is 37.1. The number of unbranched alkanes of at least 4 members (excludes halogenated alkanes) is 32. The molecule has 1 aliphatic carbocycles. The molecule has 0 aromatic heterocycles. The second kappa shape index (κ2) is 42.5. The molecule has 8 nitrogen and oxygen atoms in total. The lowest BCUT2D eigenvalue weighted by atomic mass is 9.76. The number of rotatable bonds is 44. The standard InChI is InChI=1S/C96H124O8P4/c1-5-9-13-17-21-25-29-33-49-61-77-81-65-83-78(62-50-34-30-26-22-18-14-10-6-2)85-67-87-80(64-52-36-32-28-24-20-16-12-8-4)88-68-86-79(63-51-35-31-27-23-19-15-11-7-3)84-66-82(77)90-70-92(84)100-107(75-57-45-39-46-58-75)102-94(86)72-96(88)104-108(76-59-47-40-48-60-76)103-95(87)71-93(85)101-106(74-55-43-38-44-56-74)99-91(83)69-89(81)97-105(98-90)73-53-41-37-42-54-73/h37-48,53-60,65-72,77-80H,5-36,49-52,61-64H2,1-4H3. The molecule has 8 aromatic carbocycles.